The molecule has 0 radical (unpaired) electrons. The first kappa shape index (κ1) is 19.5. The Morgan fingerprint density at radius 1 is 1.05 bits per heavy atom. The largest absolute Gasteiger partial charge is 0.357 e. The van der Waals surface area contributed by atoms with E-state index in [2.05, 4.69) is 0 Å². The van der Waals surface area contributed by atoms with E-state index < -0.39 is 20.7 Å². The van der Waals surface area contributed by atoms with Gasteiger partial charge in [0.2, 0.25) is 5.52 Å². The molecule has 22 heavy (non-hydrogen) atoms. The van der Waals surface area contributed by atoms with Crippen molar-refractivity contribution < 1.29 is 28.0 Å². The van der Waals surface area contributed by atoms with Crippen LogP contribution in [0.3, 0.4) is 0 Å². The number of benzene rings is 1. The molecule has 0 aromatic heterocycles. The molecule has 126 valence electrons. The first-order chi connectivity index (χ1) is 10.2. The highest BCUT2D eigenvalue weighted by Crippen LogP contribution is 2.66. The monoisotopic (exact) mass is 351 g/mol. The summed E-state index contributed by atoms with van der Waals surface area (Å²) in [4.78, 5) is 21.5. The maximum atomic E-state index is 12.3. The van der Waals surface area contributed by atoms with E-state index in [1.807, 2.05) is 30.3 Å². The molecule has 0 aliphatic heterocycles. The zero-order valence-electron chi connectivity index (χ0n) is 13.0. The third kappa shape index (κ3) is 5.28. The van der Waals surface area contributed by atoms with Gasteiger partial charge in [-0.1, -0.05) is 30.3 Å². The van der Waals surface area contributed by atoms with E-state index in [-0.39, 0.29) is 19.8 Å². The van der Waals surface area contributed by atoms with Gasteiger partial charge >= 0.3 is 15.2 Å². The highest BCUT2D eigenvalue weighted by atomic mass is 31.2. The van der Waals surface area contributed by atoms with Gasteiger partial charge in [0.1, 0.15) is 0 Å². The van der Waals surface area contributed by atoms with Crippen LogP contribution in [0.15, 0.2) is 30.3 Å². The zero-order chi connectivity index (χ0) is 16.8. The van der Waals surface area contributed by atoms with Gasteiger partial charge in [-0.25, -0.2) is 0 Å². The van der Waals surface area contributed by atoms with Gasteiger partial charge < -0.3 is 18.8 Å². The minimum atomic E-state index is -4.36. The first-order valence-electron chi connectivity index (χ1n) is 6.92. The van der Waals surface area contributed by atoms with Crippen molar-refractivity contribution in [3.8, 4) is 0 Å². The lowest BCUT2D eigenvalue weighted by Gasteiger charge is -2.32. The molecule has 2 N–H and O–H groups in total. The number of hydrogen-bond donors (Lipinski definition) is 2. The van der Waals surface area contributed by atoms with Crippen molar-refractivity contribution in [2.24, 2.45) is 0 Å². The number of rotatable bonds is 9. The van der Waals surface area contributed by atoms with Crippen LogP contribution in [0.2, 0.25) is 0 Å². The molecule has 7 nitrogen and oxygen atoms in total. The Labute approximate surface area is 130 Å². The molecule has 9 heteroatoms. The van der Waals surface area contributed by atoms with Crippen molar-refractivity contribution in [1.82, 2.24) is 4.90 Å². The van der Waals surface area contributed by atoms with E-state index in [1.54, 1.807) is 13.8 Å². The average Bonchev–Trinajstić information content (AvgIpc) is 2.38. The Morgan fingerprint density at radius 2 is 1.50 bits per heavy atom. The Kier molecular flexibility index (Phi) is 7.42. The summed E-state index contributed by atoms with van der Waals surface area (Å²) < 4.78 is 34.4. The topological polar surface area (TPSA) is 96.3 Å². The minimum Gasteiger partial charge on any atom is -0.323 e. The molecule has 1 aromatic rings. The van der Waals surface area contributed by atoms with Crippen molar-refractivity contribution in [3.63, 3.8) is 0 Å². The summed E-state index contributed by atoms with van der Waals surface area (Å²) in [6, 6.07) is 9.12. The normalized spacial score (nSPS) is 18.6. The molecule has 1 aromatic carbocycles. The molecule has 0 saturated carbocycles. The Morgan fingerprint density at radius 3 is 1.91 bits per heavy atom. The van der Waals surface area contributed by atoms with Crippen LogP contribution in [0.5, 0.6) is 0 Å². The lowest BCUT2D eigenvalue weighted by Crippen LogP contribution is -2.32. The summed E-state index contributed by atoms with van der Waals surface area (Å²) in [6.45, 7) is 3.20. The van der Waals surface area contributed by atoms with Crippen LogP contribution in [0, 0.1) is 0 Å². The number of hydrogen-bond acceptors (Lipinski definition) is 5. The lowest BCUT2D eigenvalue weighted by atomic mass is 10.2. The molecule has 0 saturated heterocycles. The summed E-state index contributed by atoms with van der Waals surface area (Å²) in [6.07, 6.45) is 0. The van der Waals surface area contributed by atoms with Gasteiger partial charge in [0.05, 0.1) is 13.2 Å². The molecule has 2 atom stereocenters. The Bertz CT molecular complexity index is 527. The second-order valence-corrected chi connectivity index (χ2v) is 8.87. The van der Waals surface area contributed by atoms with Crippen LogP contribution in [0.25, 0.3) is 0 Å². The van der Waals surface area contributed by atoms with Crippen LogP contribution in [-0.4, -0.2) is 40.5 Å². The van der Waals surface area contributed by atoms with Gasteiger partial charge in [0, 0.05) is 6.54 Å². The predicted octanol–water partition coefficient (Wildman–Crippen LogP) is 2.85. The average molecular weight is 351 g/mol. The molecule has 0 aliphatic rings. The minimum absolute atomic E-state index is 0.0461. The molecule has 0 amide bonds. The summed E-state index contributed by atoms with van der Waals surface area (Å²) >= 11 is 0. The molecule has 0 bridgehead atoms. The van der Waals surface area contributed by atoms with Crippen LogP contribution in [-0.2, 0) is 24.7 Å². The second-order valence-electron chi connectivity index (χ2n) is 4.71. The molecule has 0 spiro atoms. The third-order valence-corrected chi connectivity index (χ3v) is 7.84. The molecule has 0 heterocycles. The zero-order valence-corrected chi connectivity index (χ0v) is 14.7. The maximum absolute atomic E-state index is 12.3. The molecule has 0 fully saturated rings. The molecule has 2 unspecified atom stereocenters. The van der Waals surface area contributed by atoms with E-state index in [1.165, 1.54) is 11.9 Å². The first-order valence-corrected chi connectivity index (χ1v) is 10.2. The molecule has 0 aliphatic carbocycles. The van der Waals surface area contributed by atoms with Gasteiger partial charge in [0.15, 0.2) is 0 Å². The quantitative estimate of drug-likeness (QED) is 0.660. The standard InChI is InChI=1S/C13H23NO6P2/c1-4-19-21(15,16)13(22(17,18)20-5-2)14(3)11-12-9-7-6-8-10-12/h6-10,13H,4-5,11H2,1-3H3,(H,15,16)(H,17,18). The second kappa shape index (κ2) is 8.37. The Hall–Kier alpha value is -0.520. The van der Waals surface area contributed by atoms with E-state index >= 15 is 0 Å². The van der Waals surface area contributed by atoms with Gasteiger partial charge in [-0.05, 0) is 26.5 Å². The summed E-state index contributed by atoms with van der Waals surface area (Å²) in [5.74, 6) is 0. The van der Waals surface area contributed by atoms with Gasteiger partial charge in [0.25, 0.3) is 0 Å². The van der Waals surface area contributed by atoms with Crippen molar-refractivity contribution in [2.75, 3.05) is 20.3 Å². The smallest absolute Gasteiger partial charge is 0.323 e. The Balaban J connectivity index is 3.09. The van der Waals surface area contributed by atoms with Crippen molar-refractivity contribution in [3.05, 3.63) is 35.9 Å². The highest BCUT2D eigenvalue weighted by Gasteiger charge is 2.49. The fraction of sp³-hybridized carbons (Fsp3) is 0.538. The van der Waals surface area contributed by atoms with Crippen molar-refractivity contribution in [2.45, 2.75) is 25.9 Å². The fourth-order valence-corrected chi connectivity index (χ4v) is 6.18. The van der Waals surface area contributed by atoms with Gasteiger partial charge in [-0.2, -0.15) is 0 Å². The van der Waals surface area contributed by atoms with Crippen LogP contribution in [0.1, 0.15) is 19.4 Å². The third-order valence-electron chi connectivity index (χ3n) is 2.88. The van der Waals surface area contributed by atoms with Crippen LogP contribution >= 0.6 is 15.2 Å². The van der Waals surface area contributed by atoms with E-state index in [9.17, 15) is 18.9 Å². The van der Waals surface area contributed by atoms with Gasteiger partial charge in [-0.15, -0.1) is 0 Å². The van der Waals surface area contributed by atoms with Gasteiger partial charge in [-0.3, -0.25) is 14.0 Å². The fourth-order valence-electron chi connectivity index (χ4n) is 2.14. The molecular weight excluding hydrogens is 328 g/mol. The molecule has 1 rings (SSSR count). The van der Waals surface area contributed by atoms with E-state index in [0.717, 1.165) is 5.56 Å². The predicted molar refractivity (Wildman–Crippen MR) is 84.6 cm³/mol. The SMILES string of the molecule is CCOP(=O)(O)C(N(C)Cc1ccccc1)P(=O)(O)OCC. The van der Waals surface area contributed by atoms with E-state index in [0.29, 0.717) is 0 Å². The van der Waals surface area contributed by atoms with Crippen molar-refractivity contribution in [1.29, 1.82) is 0 Å². The lowest BCUT2D eigenvalue weighted by molar-refractivity contribution is 0.200. The van der Waals surface area contributed by atoms with Crippen LogP contribution in [0.4, 0.5) is 0 Å². The number of nitrogens with zero attached hydrogens (tertiary/aromatic N) is 1. The highest BCUT2D eigenvalue weighted by molar-refractivity contribution is 7.71. The maximum Gasteiger partial charge on any atom is 0.357 e. The summed E-state index contributed by atoms with van der Waals surface area (Å²) in [5.41, 5.74) is -0.803. The summed E-state index contributed by atoms with van der Waals surface area (Å²) in [7, 11) is -7.23. The summed E-state index contributed by atoms with van der Waals surface area (Å²) in [5, 5.41) is 0. The molecular formula is C13H23NO6P2. The van der Waals surface area contributed by atoms with Crippen molar-refractivity contribution >= 4 is 15.2 Å². The van der Waals surface area contributed by atoms with E-state index in [4.69, 9.17) is 9.05 Å². The van der Waals surface area contributed by atoms with Crippen LogP contribution < -0.4 is 0 Å².